The largest absolute Gasteiger partial charge is 0.489 e. The zero-order valence-corrected chi connectivity index (χ0v) is 16.8. The molecule has 0 fully saturated rings. The van der Waals surface area contributed by atoms with Crippen molar-refractivity contribution in [2.75, 3.05) is 6.54 Å². The van der Waals surface area contributed by atoms with Gasteiger partial charge in [0.2, 0.25) is 0 Å². The van der Waals surface area contributed by atoms with E-state index in [0.29, 0.717) is 29.5 Å². The van der Waals surface area contributed by atoms with Gasteiger partial charge in [0.15, 0.2) is 0 Å². The fraction of sp³-hybridized carbons (Fsp3) is 0.250. The predicted molar refractivity (Wildman–Crippen MR) is 115 cm³/mol. The van der Waals surface area contributed by atoms with Crippen molar-refractivity contribution in [1.29, 1.82) is 0 Å². The van der Waals surface area contributed by atoms with Crippen LogP contribution in [-0.2, 0) is 13.0 Å². The van der Waals surface area contributed by atoms with Gasteiger partial charge in [0.1, 0.15) is 12.4 Å². The Kier molecular flexibility index (Phi) is 7.49. The maximum Gasteiger partial charge on any atom is 0.121 e. The van der Waals surface area contributed by atoms with Gasteiger partial charge in [-0.25, -0.2) is 0 Å². The summed E-state index contributed by atoms with van der Waals surface area (Å²) in [7, 11) is 0. The molecule has 0 spiro atoms. The molecule has 3 aromatic rings. The average molecular weight is 396 g/mol. The molecule has 146 valence electrons. The van der Waals surface area contributed by atoms with Crippen LogP contribution < -0.4 is 10.1 Å². The van der Waals surface area contributed by atoms with Gasteiger partial charge in [-0.1, -0.05) is 78.3 Å². The topological polar surface area (TPSA) is 41.5 Å². The number of nitrogens with one attached hydrogen (secondary N) is 1. The molecule has 0 aliphatic carbocycles. The number of ether oxygens (including phenoxy) is 1. The van der Waals surface area contributed by atoms with E-state index in [2.05, 4.69) is 24.4 Å². The van der Waals surface area contributed by atoms with Gasteiger partial charge in [-0.3, -0.25) is 0 Å². The van der Waals surface area contributed by atoms with E-state index in [0.717, 1.165) is 12.0 Å². The summed E-state index contributed by atoms with van der Waals surface area (Å²) in [6.07, 6.45) is 0.238. The molecule has 0 saturated heterocycles. The van der Waals surface area contributed by atoms with Gasteiger partial charge in [-0.05, 0) is 36.6 Å². The first-order chi connectivity index (χ1) is 13.6. The number of rotatable bonds is 9. The molecule has 28 heavy (non-hydrogen) atoms. The number of benzene rings is 3. The Labute approximate surface area is 171 Å². The number of hydrogen-bond acceptors (Lipinski definition) is 3. The van der Waals surface area contributed by atoms with E-state index in [9.17, 15) is 5.11 Å². The molecule has 0 amide bonds. The normalized spacial score (nSPS) is 13.1. The summed E-state index contributed by atoms with van der Waals surface area (Å²) in [5, 5.41) is 14.4. The molecule has 3 aromatic carbocycles. The zero-order chi connectivity index (χ0) is 19.8. The van der Waals surface area contributed by atoms with Crippen molar-refractivity contribution in [3.63, 3.8) is 0 Å². The summed E-state index contributed by atoms with van der Waals surface area (Å²) in [6, 6.07) is 26.0. The van der Waals surface area contributed by atoms with Crippen LogP contribution in [0.15, 0.2) is 78.9 Å². The van der Waals surface area contributed by atoms with Crippen molar-refractivity contribution < 1.29 is 9.84 Å². The second-order valence-electron chi connectivity index (χ2n) is 6.97. The van der Waals surface area contributed by atoms with Crippen LogP contribution in [-0.4, -0.2) is 17.7 Å². The molecule has 2 atom stereocenters. The highest BCUT2D eigenvalue weighted by molar-refractivity contribution is 6.31. The molecule has 0 radical (unpaired) electrons. The van der Waals surface area contributed by atoms with Gasteiger partial charge in [0.05, 0.1) is 11.1 Å². The molecule has 0 bridgehead atoms. The monoisotopic (exact) mass is 395 g/mol. The molecule has 3 nitrogen and oxygen atoms in total. The lowest BCUT2D eigenvalue weighted by molar-refractivity contribution is 0.170. The van der Waals surface area contributed by atoms with Crippen molar-refractivity contribution in [1.82, 2.24) is 5.32 Å². The second-order valence-corrected chi connectivity index (χ2v) is 7.38. The Morgan fingerprint density at radius 1 is 0.929 bits per heavy atom. The first-order valence-electron chi connectivity index (χ1n) is 9.53. The van der Waals surface area contributed by atoms with Crippen molar-refractivity contribution in [2.45, 2.75) is 32.1 Å². The van der Waals surface area contributed by atoms with Gasteiger partial charge in [0, 0.05) is 18.2 Å². The fourth-order valence-electron chi connectivity index (χ4n) is 3.07. The first kappa shape index (κ1) is 20.4. The molecular weight excluding hydrogens is 370 g/mol. The molecule has 3 rings (SSSR count). The molecule has 1 unspecified atom stereocenters. The highest BCUT2D eigenvalue weighted by atomic mass is 35.5. The van der Waals surface area contributed by atoms with E-state index in [-0.39, 0.29) is 6.04 Å². The lowest BCUT2D eigenvalue weighted by Crippen LogP contribution is -2.32. The molecule has 0 aromatic heterocycles. The summed E-state index contributed by atoms with van der Waals surface area (Å²) in [6.45, 7) is 3.04. The minimum Gasteiger partial charge on any atom is -0.489 e. The van der Waals surface area contributed by atoms with Gasteiger partial charge in [-0.15, -0.1) is 0 Å². The van der Waals surface area contributed by atoms with Crippen molar-refractivity contribution >= 4 is 11.6 Å². The minimum absolute atomic E-state index is 0.254. The van der Waals surface area contributed by atoms with Gasteiger partial charge in [-0.2, -0.15) is 0 Å². The Balaban J connectivity index is 1.51. The predicted octanol–water partition coefficient (Wildman–Crippen LogP) is 5.17. The van der Waals surface area contributed by atoms with E-state index in [4.69, 9.17) is 16.3 Å². The summed E-state index contributed by atoms with van der Waals surface area (Å²) >= 11 is 6.38. The third kappa shape index (κ3) is 6.10. The second kappa shape index (κ2) is 10.3. The summed E-state index contributed by atoms with van der Waals surface area (Å²) in [5.41, 5.74) is 3.07. The fourth-order valence-corrected chi connectivity index (χ4v) is 3.37. The smallest absolute Gasteiger partial charge is 0.121 e. The molecule has 0 aliphatic heterocycles. The standard InChI is InChI=1S/C24H26ClNO2/c1-18(14-19-8-4-2-5-9-19)26-16-24(27)22-13-12-21(15-23(22)25)28-17-20-10-6-3-7-11-20/h2-13,15,18,24,26-27H,14,16-17H2,1H3/t18?,24-/m0/s1. The summed E-state index contributed by atoms with van der Waals surface area (Å²) in [5.74, 6) is 0.690. The van der Waals surface area contributed by atoms with Crippen LogP contribution in [0.1, 0.15) is 29.7 Å². The molecule has 0 saturated carbocycles. The van der Waals surface area contributed by atoms with Crippen LogP contribution in [0.3, 0.4) is 0 Å². The highest BCUT2D eigenvalue weighted by Gasteiger charge is 2.14. The lowest BCUT2D eigenvalue weighted by atomic mass is 10.1. The molecule has 2 N–H and O–H groups in total. The Bertz CT molecular complexity index is 855. The molecule has 0 aliphatic rings. The van der Waals surface area contributed by atoms with E-state index in [1.165, 1.54) is 5.56 Å². The maximum atomic E-state index is 10.5. The SMILES string of the molecule is CC(Cc1ccccc1)NC[C@H](O)c1ccc(OCc2ccccc2)cc1Cl. The van der Waals surface area contributed by atoms with Crippen LogP contribution >= 0.6 is 11.6 Å². The minimum atomic E-state index is -0.672. The van der Waals surface area contributed by atoms with E-state index >= 15 is 0 Å². The lowest BCUT2D eigenvalue weighted by Gasteiger charge is -2.19. The van der Waals surface area contributed by atoms with Gasteiger partial charge >= 0.3 is 0 Å². The third-order valence-corrected chi connectivity index (χ3v) is 4.95. The Morgan fingerprint density at radius 2 is 1.57 bits per heavy atom. The number of halogens is 1. The maximum absolute atomic E-state index is 10.5. The van der Waals surface area contributed by atoms with E-state index in [1.54, 1.807) is 6.07 Å². The van der Waals surface area contributed by atoms with Crippen LogP contribution in [0.5, 0.6) is 5.75 Å². The molecule has 4 heteroatoms. The molecule has 0 heterocycles. The zero-order valence-electron chi connectivity index (χ0n) is 16.0. The van der Waals surface area contributed by atoms with E-state index < -0.39 is 6.10 Å². The summed E-state index contributed by atoms with van der Waals surface area (Å²) in [4.78, 5) is 0. The van der Waals surface area contributed by atoms with Crippen LogP contribution in [0, 0.1) is 0 Å². The Hall–Kier alpha value is -2.33. The van der Waals surface area contributed by atoms with E-state index in [1.807, 2.05) is 60.7 Å². The average Bonchev–Trinajstić information content (AvgIpc) is 2.72. The quantitative estimate of drug-likeness (QED) is 0.525. The van der Waals surface area contributed by atoms with Gasteiger partial charge in [0.25, 0.3) is 0 Å². The molecular formula is C24H26ClNO2. The highest BCUT2D eigenvalue weighted by Crippen LogP contribution is 2.27. The third-order valence-electron chi connectivity index (χ3n) is 4.62. The van der Waals surface area contributed by atoms with Gasteiger partial charge < -0.3 is 15.2 Å². The Morgan fingerprint density at radius 3 is 2.21 bits per heavy atom. The first-order valence-corrected chi connectivity index (χ1v) is 9.91. The number of aliphatic hydroxyl groups is 1. The van der Waals surface area contributed by atoms with Crippen molar-refractivity contribution in [3.05, 3.63) is 101 Å². The number of aliphatic hydroxyl groups excluding tert-OH is 1. The van der Waals surface area contributed by atoms with Crippen LogP contribution in [0.4, 0.5) is 0 Å². The van der Waals surface area contributed by atoms with Crippen LogP contribution in [0.25, 0.3) is 0 Å². The number of hydrogen-bond donors (Lipinski definition) is 2. The van der Waals surface area contributed by atoms with Crippen molar-refractivity contribution in [3.8, 4) is 5.75 Å². The van der Waals surface area contributed by atoms with Crippen molar-refractivity contribution in [2.24, 2.45) is 0 Å². The summed E-state index contributed by atoms with van der Waals surface area (Å²) < 4.78 is 5.79. The van der Waals surface area contributed by atoms with Crippen LogP contribution in [0.2, 0.25) is 5.02 Å².